The van der Waals surface area contributed by atoms with Gasteiger partial charge in [-0.3, -0.25) is 4.79 Å². The van der Waals surface area contributed by atoms with Gasteiger partial charge in [0.05, 0.1) is 0 Å². The van der Waals surface area contributed by atoms with Crippen LogP contribution in [0.1, 0.15) is 27.4 Å². The average molecular weight is 257 g/mol. The minimum absolute atomic E-state index is 0.233. The van der Waals surface area contributed by atoms with Crippen LogP contribution in [0.4, 0.5) is 5.69 Å². The maximum atomic E-state index is 12.1. The van der Waals surface area contributed by atoms with Crippen LogP contribution in [-0.2, 0) is 13.0 Å². The number of aromatic nitrogens is 1. The van der Waals surface area contributed by atoms with E-state index in [2.05, 4.69) is 21.9 Å². The van der Waals surface area contributed by atoms with Crippen molar-refractivity contribution >= 4 is 11.6 Å². The van der Waals surface area contributed by atoms with Crippen molar-refractivity contribution in [2.24, 2.45) is 0 Å². The molecular formula is C14H15N3O2. The summed E-state index contributed by atoms with van der Waals surface area (Å²) in [6.45, 7) is 3.55. The largest absolute Gasteiger partial charge is 0.361 e. The van der Waals surface area contributed by atoms with E-state index >= 15 is 0 Å². The predicted molar refractivity (Wildman–Crippen MR) is 71.0 cm³/mol. The van der Waals surface area contributed by atoms with E-state index in [-0.39, 0.29) is 5.91 Å². The summed E-state index contributed by atoms with van der Waals surface area (Å²) < 4.78 is 4.92. The Hall–Kier alpha value is -2.14. The van der Waals surface area contributed by atoms with Gasteiger partial charge in [-0.05, 0) is 37.1 Å². The van der Waals surface area contributed by atoms with Gasteiger partial charge in [0.1, 0.15) is 5.76 Å². The van der Waals surface area contributed by atoms with Gasteiger partial charge in [0, 0.05) is 18.3 Å². The highest BCUT2D eigenvalue weighted by molar-refractivity contribution is 6.03. The van der Waals surface area contributed by atoms with Crippen LogP contribution >= 0.6 is 0 Å². The molecule has 5 nitrogen and oxygen atoms in total. The number of amides is 1. The van der Waals surface area contributed by atoms with Crippen molar-refractivity contribution in [1.29, 1.82) is 0 Å². The number of carbonyl (C=O) groups is 1. The lowest BCUT2D eigenvalue weighted by Crippen LogP contribution is -2.25. The lowest BCUT2D eigenvalue weighted by Gasteiger charge is -2.20. The summed E-state index contributed by atoms with van der Waals surface area (Å²) in [6.07, 6.45) is 0.920. The number of anilines is 1. The Balaban J connectivity index is 1.85. The van der Waals surface area contributed by atoms with Crippen molar-refractivity contribution < 1.29 is 9.32 Å². The second kappa shape index (κ2) is 4.85. The smallest absolute Gasteiger partial charge is 0.277 e. The lowest BCUT2D eigenvalue weighted by atomic mass is 9.99. The first-order chi connectivity index (χ1) is 9.24. The fourth-order valence-corrected chi connectivity index (χ4v) is 2.31. The first-order valence-electron chi connectivity index (χ1n) is 6.30. The molecule has 98 valence electrons. The number of nitrogens with one attached hydrogen (secondary N) is 2. The van der Waals surface area contributed by atoms with Crippen LogP contribution in [0.25, 0.3) is 0 Å². The maximum absolute atomic E-state index is 12.1. The SMILES string of the molecule is Cc1cc(C(=O)Nc2cccc3c2CCNC3)no1. The molecule has 0 spiro atoms. The molecule has 1 aliphatic rings. The number of carbonyl (C=O) groups excluding carboxylic acids is 1. The number of fused-ring (bicyclic) bond motifs is 1. The summed E-state index contributed by atoms with van der Waals surface area (Å²) >= 11 is 0. The van der Waals surface area contributed by atoms with E-state index < -0.39 is 0 Å². The molecule has 2 N–H and O–H groups in total. The number of hydrogen-bond acceptors (Lipinski definition) is 4. The Kier molecular flexibility index (Phi) is 3.05. The molecular weight excluding hydrogens is 242 g/mol. The molecule has 5 heteroatoms. The second-order valence-corrected chi connectivity index (χ2v) is 4.65. The van der Waals surface area contributed by atoms with Crippen molar-refractivity contribution in [3.8, 4) is 0 Å². The first kappa shape index (κ1) is 11.9. The third kappa shape index (κ3) is 2.37. The van der Waals surface area contributed by atoms with Crippen molar-refractivity contribution in [2.45, 2.75) is 19.9 Å². The molecule has 2 aromatic rings. The zero-order valence-electron chi connectivity index (χ0n) is 10.7. The minimum Gasteiger partial charge on any atom is -0.361 e. The van der Waals surface area contributed by atoms with Crippen molar-refractivity contribution in [2.75, 3.05) is 11.9 Å². The van der Waals surface area contributed by atoms with Gasteiger partial charge < -0.3 is 15.2 Å². The molecule has 1 aromatic heterocycles. The Morgan fingerprint density at radius 3 is 3.16 bits per heavy atom. The topological polar surface area (TPSA) is 67.2 Å². The van der Waals surface area contributed by atoms with E-state index in [4.69, 9.17) is 4.52 Å². The third-order valence-corrected chi connectivity index (χ3v) is 3.25. The summed E-state index contributed by atoms with van der Waals surface area (Å²) in [4.78, 5) is 12.1. The van der Waals surface area contributed by atoms with Gasteiger partial charge >= 0.3 is 0 Å². The van der Waals surface area contributed by atoms with Gasteiger partial charge in [0.15, 0.2) is 5.69 Å². The number of aryl methyl sites for hydroxylation is 1. The summed E-state index contributed by atoms with van der Waals surface area (Å²) in [7, 11) is 0. The number of nitrogens with zero attached hydrogens (tertiary/aromatic N) is 1. The Bertz CT molecular complexity index is 619. The molecule has 3 rings (SSSR count). The lowest BCUT2D eigenvalue weighted by molar-refractivity contribution is 0.101. The highest BCUT2D eigenvalue weighted by Crippen LogP contribution is 2.23. The van der Waals surface area contributed by atoms with Crippen LogP contribution in [0, 0.1) is 6.92 Å². The normalized spacial score (nSPS) is 13.9. The highest BCUT2D eigenvalue weighted by Gasteiger charge is 2.16. The van der Waals surface area contributed by atoms with Crippen LogP contribution in [0.5, 0.6) is 0 Å². The van der Waals surface area contributed by atoms with E-state index in [1.165, 1.54) is 11.1 Å². The summed E-state index contributed by atoms with van der Waals surface area (Å²) in [5.74, 6) is 0.397. The summed E-state index contributed by atoms with van der Waals surface area (Å²) in [5.41, 5.74) is 3.61. The summed E-state index contributed by atoms with van der Waals surface area (Å²) in [5, 5.41) is 9.95. The monoisotopic (exact) mass is 257 g/mol. The van der Waals surface area contributed by atoms with Gasteiger partial charge in [-0.15, -0.1) is 0 Å². The Morgan fingerprint density at radius 1 is 1.47 bits per heavy atom. The standard InChI is InChI=1S/C14H15N3O2/c1-9-7-13(17-19-9)14(18)16-12-4-2-3-10-8-15-6-5-11(10)12/h2-4,7,15H,5-6,8H2,1H3,(H,16,18). The predicted octanol–water partition coefficient (Wildman–Crippen LogP) is 1.88. The van der Waals surface area contributed by atoms with E-state index in [1.54, 1.807) is 13.0 Å². The zero-order valence-corrected chi connectivity index (χ0v) is 10.7. The molecule has 1 aromatic carbocycles. The molecule has 0 bridgehead atoms. The van der Waals surface area contributed by atoms with E-state index in [0.29, 0.717) is 11.5 Å². The Morgan fingerprint density at radius 2 is 2.37 bits per heavy atom. The molecule has 1 amide bonds. The molecule has 0 unspecified atom stereocenters. The van der Waals surface area contributed by atoms with Gasteiger partial charge in [-0.1, -0.05) is 17.3 Å². The zero-order chi connectivity index (χ0) is 13.2. The highest BCUT2D eigenvalue weighted by atomic mass is 16.5. The molecule has 2 heterocycles. The van der Waals surface area contributed by atoms with Crippen LogP contribution in [0.2, 0.25) is 0 Å². The average Bonchev–Trinajstić information content (AvgIpc) is 2.86. The molecule has 0 saturated heterocycles. The fraction of sp³-hybridized carbons (Fsp3) is 0.286. The van der Waals surface area contributed by atoms with E-state index in [0.717, 1.165) is 25.2 Å². The van der Waals surface area contributed by atoms with Gasteiger partial charge in [0.25, 0.3) is 5.91 Å². The number of benzene rings is 1. The van der Waals surface area contributed by atoms with Crippen molar-refractivity contribution in [3.63, 3.8) is 0 Å². The van der Waals surface area contributed by atoms with Crippen molar-refractivity contribution in [1.82, 2.24) is 10.5 Å². The van der Waals surface area contributed by atoms with E-state index in [1.807, 2.05) is 12.1 Å². The molecule has 1 aliphatic heterocycles. The van der Waals surface area contributed by atoms with Crippen LogP contribution in [0.15, 0.2) is 28.8 Å². The number of rotatable bonds is 2. The van der Waals surface area contributed by atoms with Gasteiger partial charge in [-0.25, -0.2) is 0 Å². The van der Waals surface area contributed by atoms with Crippen LogP contribution in [0.3, 0.4) is 0 Å². The van der Waals surface area contributed by atoms with Crippen LogP contribution < -0.4 is 10.6 Å². The van der Waals surface area contributed by atoms with E-state index in [9.17, 15) is 4.79 Å². The quantitative estimate of drug-likeness (QED) is 0.862. The second-order valence-electron chi connectivity index (χ2n) is 4.65. The van der Waals surface area contributed by atoms with Gasteiger partial charge in [0.2, 0.25) is 0 Å². The first-order valence-corrected chi connectivity index (χ1v) is 6.30. The van der Waals surface area contributed by atoms with Crippen molar-refractivity contribution in [3.05, 3.63) is 46.8 Å². The molecule has 19 heavy (non-hydrogen) atoms. The molecule has 0 radical (unpaired) electrons. The Labute approximate surface area is 111 Å². The fourth-order valence-electron chi connectivity index (χ4n) is 2.31. The number of hydrogen-bond donors (Lipinski definition) is 2. The maximum Gasteiger partial charge on any atom is 0.277 e. The molecule has 0 fully saturated rings. The molecule has 0 aliphatic carbocycles. The summed E-state index contributed by atoms with van der Waals surface area (Å²) in [6, 6.07) is 7.59. The van der Waals surface area contributed by atoms with Crippen LogP contribution in [-0.4, -0.2) is 17.6 Å². The third-order valence-electron chi connectivity index (χ3n) is 3.25. The van der Waals surface area contributed by atoms with Gasteiger partial charge in [-0.2, -0.15) is 0 Å². The molecule has 0 atom stereocenters. The molecule has 0 saturated carbocycles. The minimum atomic E-state index is -0.233.